The van der Waals surface area contributed by atoms with Crippen LogP contribution in [0.3, 0.4) is 0 Å². The number of nitrogens with one attached hydrogen (secondary N) is 1. The fourth-order valence-electron chi connectivity index (χ4n) is 3.86. The van der Waals surface area contributed by atoms with Crippen LogP contribution in [0.2, 0.25) is 0 Å². The van der Waals surface area contributed by atoms with E-state index >= 15 is 0 Å². The van der Waals surface area contributed by atoms with E-state index in [1.54, 1.807) is 56.5 Å². The van der Waals surface area contributed by atoms with Gasteiger partial charge in [0.15, 0.2) is 0 Å². The first-order chi connectivity index (χ1) is 17.5. The number of hydrogen-bond acceptors (Lipinski definition) is 6. The monoisotopic (exact) mass is 533 g/mol. The van der Waals surface area contributed by atoms with Crippen LogP contribution < -0.4 is 19.1 Å². The van der Waals surface area contributed by atoms with Crippen molar-refractivity contribution in [2.45, 2.75) is 59.2 Å². The van der Waals surface area contributed by atoms with Gasteiger partial charge in [-0.1, -0.05) is 38.1 Å². The number of para-hydroxylation sites is 2. The van der Waals surface area contributed by atoms with Gasteiger partial charge in [-0.3, -0.25) is 13.9 Å². The van der Waals surface area contributed by atoms with Crippen LogP contribution in [0.4, 0.5) is 5.69 Å². The summed E-state index contributed by atoms with van der Waals surface area (Å²) < 4.78 is 37.7. The van der Waals surface area contributed by atoms with Gasteiger partial charge in [0.25, 0.3) is 0 Å². The lowest BCUT2D eigenvalue weighted by Gasteiger charge is -2.33. The van der Waals surface area contributed by atoms with E-state index in [1.807, 2.05) is 26.8 Å². The van der Waals surface area contributed by atoms with Gasteiger partial charge in [-0.05, 0) is 56.5 Å². The van der Waals surface area contributed by atoms with E-state index in [2.05, 4.69) is 5.32 Å². The zero-order valence-electron chi connectivity index (χ0n) is 22.6. The number of nitrogens with zero attached hydrogens (tertiary/aromatic N) is 2. The molecule has 0 aromatic heterocycles. The molecule has 0 unspecified atom stereocenters. The van der Waals surface area contributed by atoms with Crippen LogP contribution in [-0.2, 0) is 26.2 Å². The average molecular weight is 534 g/mol. The standard InChI is InChI=1S/C27H39N3O6S/c1-7-20(4)28-27(32)23(8-2)29(18-21-13-12-14-22(17-21)35-5)26(31)19-30(37(6,33)34)24-15-10-11-16-25(24)36-9-3/h10-17,20,23H,7-9,18-19H2,1-6H3,(H,28,32)/t20-,23+/m0/s1. The van der Waals surface area contributed by atoms with Crippen molar-refractivity contribution in [3.8, 4) is 11.5 Å². The summed E-state index contributed by atoms with van der Waals surface area (Å²) >= 11 is 0. The van der Waals surface area contributed by atoms with Crippen molar-refractivity contribution in [3.05, 3.63) is 54.1 Å². The molecule has 0 aliphatic rings. The van der Waals surface area contributed by atoms with Gasteiger partial charge in [-0.15, -0.1) is 0 Å². The summed E-state index contributed by atoms with van der Waals surface area (Å²) in [7, 11) is -2.31. The number of ether oxygens (including phenoxy) is 2. The predicted octanol–water partition coefficient (Wildman–Crippen LogP) is 3.58. The second-order valence-electron chi connectivity index (χ2n) is 8.79. The van der Waals surface area contributed by atoms with E-state index in [1.165, 1.54) is 4.90 Å². The number of amides is 2. The molecule has 0 aliphatic carbocycles. The lowest BCUT2D eigenvalue weighted by Crippen LogP contribution is -2.53. The van der Waals surface area contributed by atoms with Gasteiger partial charge in [0, 0.05) is 12.6 Å². The molecular formula is C27H39N3O6S. The summed E-state index contributed by atoms with van der Waals surface area (Å²) in [5, 5.41) is 2.96. The minimum Gasteiger partial charge on any atom is -0.497 e. The van der Waals surface area contributed by atoms with Crippen molar-refractivity contribution >= 4 is 27.5 Å². The van der Waals surface area contributed by atoms with E-state index in [0.717, 1.165) is 22.5 Å². The Morgan fingerprint density at radius 1 is 1.03 bits per heavy atom. The summed E-state index contributed by atoms with van der Waals surface area (Å²) in [5.41, 5.74) is 1.02. The minimum absolute atomic E-state index is 0.0686. The first-order valence-electron chi connectivity index (χ1n) is 12.5. The molecule has 0 spiro atoms. The van der Waals surface area contributed by atoms with Gasteiger partial charge in [0.1, 0.15) is 24.1 Å². The third-order valence-electron chi connectivity index (χ3n) is 5.99. The molecule has 1 N–H and O–H groups in total. The quantitative estimate of drug-likeness (QED) is 0.398. The topological polar surface area (TPSA) is 105 Å². The van der Waals surface area contributed by atoms with E-state index in [4.69, 9.17) is 9.47 Å². The molecule has 0 radical (unpaired) electrons. The Bertz CT molecular complexity index is 1150. The maximum atomic E-state index is 13.8. The largest absolute Gasteiger partial charge is 0.497 e. The predicted molar refractivity (Wildman–Crippen MR) is 145 cm³/mol. The molecule has 0 fully saturated rings. The van der Waals surface area contributed by atoms with Crippen molar-refractivity contribution in [1.82, 2.24) is 10.2 Å². The maximum Gasteiger partial charge on any atom is 0.244 e. The number of carbonyl (C=O) groups excluding carboxylic acids is 2. The van der Waals surface area contributed by atoms with Crippen molar-refractivity contribution in [2.24, 2.45) is 0 Å². The average Bonchev–Trinajstić information content (AvgIpc) is 2.87. The van der Waals surface area contributed by atoms with Crippen molar-refractivity contribution in [3.63, 3.8) is 0 Å². The molecule has 0 bridgehead atoms. The first kappa shape index (κ1) is 30.0. The molecule has 2 rings (SSSR count). The molecule has 10 heteroatoms. The molecule has 0 aliphatic heterocycles. The smallest absolute Gasteiger partial charge is 0.244 e. The van der Waals surface area contributed by atoms with Crippen molar-refractivity contribution < 1.29 is 27.5 Å². The Balaban J connectivity index is 2.50. The van der Waals surface area contributed by atoms with E-state index < -0.39 is 28.5 Å². The van der Waals surface area contributed by atoms with E-state index in [9.17, 15) is 18.0 Å². The van der Waals surface area contributed by atoms with Crippen molar-refractivity contribution in [2.75, 3.05) is 30.8 Å². The van der Waals surface area contributed by atoms with Crippen LogP contribution in [0.1, 0.15) is 46.1 Å². The normalized spacial score (nSPS) is 12.8. The summed E-state index contributed by atoms with van der Waals surface area (Å²) in [6, 6.07) is 13.0. The maximum absolute atomic E-state index is 13.8. The highest BCUT2D eigenvalue weighted by Gasteiger charge is 2.33. The zero-order valence-corrected chi connectivity index (χ0v) is 23.4. The molecule has 2 aromatic rings. The van der Waals surface area contributed by atoms with Crippen molar-refractivity contribution in [1.29, 1.82) is 0 Å². The Labute approximate surface area is 220 Å². The third-order valence-corrected chi connectivity index (χ3v) is 7.11. The molecule has 0 heterocycles. The Kier molecular flexibility index (Phi) is 11.2. The number of carbonyl (C=O) groups is 2. The van der Waals surface area contributed by atoms with E-state index in [0.29, 0.717) is 24.5 Å². The van der Waals surface area contributed by atoms with Crippen LogP contribution in [0.25, 0.3) is 0 Å². The molecule has 37 heavy (non-hydrogen) atoms. The minimum atomic E-state index is -3.86. The number of sulfonamides is 1. The SMILES string of the molecule is CCOc1ccccc1N(CC(=O)N(Cc1cccc(OC)c1)[C@H](CC)C(=O)N[C@@H](C)CC)S(C)(=O)=O. The van der Waals surface area contributed by atoms with Crippen LogP contribution >= 0.6 is 0 Å². The lowest BCUT2D eigenvalue weighted by molar-refractivity contribution is -0.140. The van der Waals surface area contributed by atoms with Gasteiger partial charge in [-0.25, -0.2) is 8.42 Å². The third kappa shape index (κ3) is 8.38. The van der Waals surface area contributed by atoms with Gasteiger partial charge >= 0.3 is 0 Å². The Morgan fingerprint density at radius 2 is 1.73 bits per heavy atom. The molecule has 2 amide bonds. The summed E-state index contributed by atoms with van der Waals surface area (Å²) in [5.74, 6) is 0.175. The fraction of sp³-hybridized carbons (Fsp3) is 0.481. The summed E-state index contributed by atoms with van der Waals surface area (Å²) in [4.78, 5) is 28.5. The van der Waals surface area contributed by atoms with Crippen LogP contribution in [0.5, 0.6) is 11.5 Å². The van der Waals surface area contributed by atoms with Crippen LogP contribution in [0, 0.1) is 0 Å². The van der Waals surface area contributed by atoms with Gasteiger partial charge in [0.05, 0.1) is 25.7 Å². The summed E-state index contributed by atoms with van der Waals surface area (Å²) in [6.07, 6.45) is 2.14. The Hall–Kier alpha value is -3.27. The number of rotatable bonds is 14. The second-order valence-corrected chi connectivity index (χ2v) is 10.7. The molecule has 2 atom stereocenters. The lowest BCUT2D eigenvalue weighted by atomic mass is 10.1. The van der Waals surface area contributed by atoms with E-state index in [-0.39, 0.29) is 24.2 Å². The van der Waals surface area contributed by atoms with Crippen LogP contribution in [-0.4, -0.2) is 63.7 Å². The van der Waals surface area contributed by atoms with Gasteiger partial charge in [-0.2, -0.15) is 0 Å². The Morgan fingerprint density at radius 3 is 2.32 bits per heavy atom. The molecule has 9 nitrogen and oxygen atoms in total. The van der Waals surface area contributed by atoms with Gasteiger partial charge < -0.3 is 19.7 Å². The molecular weight excluding hydrogens is 494 g/mol. The number of anilines is 1. The molecule has 2 aromatic carbocycles. The first-order valence-corrected chi connectivity index (χ1v) is 14.3. The number of hydrogen-bond donors (Lipinski definition) is 1. The molecule has 0 saturated heterocycles. The number of methoxy groups -OCH3 is 1. The highest BCUT2D eigenvalue weighted by molar-refractivity contribution is 7.92. The molecule has 204 valence electrons. The fourth-order valence-corrected chi connectivity index (χ4v) is 4.72. The number of benzene rings is 2. The van der Waals surface area contributed by atoms with Crippen LogP contribution in [0.15, 0.2) is 48.5 Å². The second kappa shape index (κ2) is 13.9. The molecule has 0 saturated carbocycles. The zero-order chi connectivity index (χ0) is 27.6. The highest BCUT2D eigenvalue weighted by atomic mass is 32.2. The highest BCUT2D eigenvalue weighted by Crippen LogP contribution is 2.30. The summed E-state index contributed by atoms with van der Waals surface area (Å²) in [6.45, 7) is 7.43. The van der Waals surface area contributed by atoms with Gasteiger partial charge in [0.2, 0.25) is 21.8 Å².